The van der Waals surface area contributed by atoms with Crippen molar-refractivity contribution in [1.29, 1.82) is 0 Å². The quantitative estimate of drug-likeness (QED) is 0.319. The van der Waals surface area contributed by atoms with Crippen LogP contribution >= 0.6 is 11.8 Å². The Balaban J connectivity index is 0.00000235. The molecular formula is C29H36N2O5S. The van der Waals surface area contributed by atoms with Gasteiger partial charge in [-0.25, -0.2) is 0 Å². The molecule has 0 radical (unpaired) electrons. The van der Waals surface area contributed by atoms with E-state index in [1.54, 1.807) is 13.2 Å². The Morgan fingerprint density at radius 2 is 1.57 bits per heavy atom. The second kappa shape index (κ2) is 16.3. The normalized spacial score (nSPS) is 10.1. The Labute approximate surface area is 223 Å². The zero-order chi connectivity index (χ0) is 27.0. The van der Waals surface area contributed by atoms with E-state index in [1.807, 2.05) is 74.5 Å². The van der Waals surface area contributed by atoms with E-state index in [0.717, 1.165) is 22.3 Å². The van der Waals surface area contributed by atoms with Crippen LogP contribution in [0, 0.1) is 0 Å². The summed E-state index contributed by atoms with van der Waals surface area (Å²) in [6, 6.07) is 21.3. The van der Waals surface area contributed by atoms with Crippen molar-refractivity contribution < 1.29 is 24.2 Å². The highest BCUT2D eigenvalue weighted by atomic mass is 32.2. The highest BCUT2D eigenvalue weighted by Crippen LogP contribution is 2.36. The molecule has 0 aromatic heterocycles. The number of carbonyl (C=O) groups excluding carboxylic acids is 2. The van der Waals surface area contributed by atoms with Gasteiger partial charge in [-0.3, -0.25) is 9.59 Å². The Bertz CT molecular complexity index is 1120. The zero-order valence-electron chi connectivity index (χ0n) is 21.9. The molecule has 0 atom stereocenters. The van der Waals surface area contributed by atoms with E-state index in [2.05, 4.69) is 10.6 Å². The maximum atomic E-state index is 13.0. The molecule has 8 heteroatoms. The van der Waals surface area contributed by atoms with Gasteiger partial charge >= 0.3 is 0 Å². The smallest absolute Gasteiger partial charge is 0.255 e. The summed E-state index contributed by atoms with van der Waals surface area (Å²) in [6.07, 6.45) is 0. The lowest BCUT2D eigenvalue weighted by molar-refractivity contribution is -0.118. The Morgan fingerprint density at radius 3 is 2.19 bits per heavy atom. The first-order valence-corrected chi connectivity index (χ1v) is 13.3. The Hall–Kier alpha value is -3.49. The lowest BCUT2D eigenvalue weighted by Crippen LogP contribution is -2.27. The molecular weight excluding hydrogens is 488 g/mol. The second-order valence-electron chi connectivity index (χ2n) is 7.69. The standard InChI is InChI=1S/C27H30N2O5S.C2H6/c1-33-24-15-22(21-10-8-20(9-11-21)17-35-18-25(31)28-12-13-30)14-23(26(24)34-2)27(32)29-16-19-6-4-3-5-7-19;1-2/h3-11,14-15,30H,12-13,16-18H2,1-2H3,(H,28,31)(H,29,32);1-2H3. The minimum atomic E-state index is -0.252. The van der Waals surface area contributed by atoms with Gasteiger partial charge in [0.05, 0.1) is 32.1 Å². The molecule has 0 saturated carbocycles. The van der Waals surface area contributed by atoms with Crippen molar-refractivity contribution in [1.82, 2.24) is 10.6 Å². The molecule has 37 heavy (non-hydrogen) atoms. The Morgan fingerprint density at radius 1 is 0.865 bits per heavy atom. The van der Waals surface area contributed by atoms with Crippen molar-refractivity contribution in [2.24, 2.45) is 0 Å². The molecule has 0 bridgehead atoms. The van der Waals surface area contributed by atoms with E-state index in [1.165, 1.54) is 18.9 Å². The van der Waals surface area contributed by atoms with Gasteiger partial charge in [0.25, 0.3) is 5.91 Å². The highest BCUT2D eigenvalue weighted by molar-refractivity contribution is 7.99. The summed E-state index contributed by atoms with van der Waals surface area (Å²) in [4.78, 5) is 24.7. The molecule has 0 heterocycles. The van der Waals surface area contributed by atoms with E-state index in [-0.39, 0.29) is 25.0 Å². The topological polar surface area (TPSA) is 96.9 Å². The maximum Gasteiger partial charge on any atom is 0.255 e. The number of aliphatic hydroxyl groups is 1. The summed E-state index contributed by atoms with van der Waals surface area (Å²) >= 11 is 1.50. The molecule has 3 aromatic carbocycles. The number of benzene rings is 3. The monoisotopic (exact) mass is 524 g/mol. The number of ether oxygens (including phenoxy) is 2. The van der Waals surface area contributed by atoms with Gasteiger partial charge in [-0.1, -0.05) is 68.4 Å². The molecule has 2 amide bonds. The fourth-order valence-electron chi connectivity index (χ4n) is 3.47. The van der Waals surface area contributed by atoms with Crippen LogP contribution in [-0.2, 0) is 17.1 Å². The molecule has 0 fully saturated rings. The van der Waals surface area contributed by atoms with Crippen molar-refractivity contribution in [3.63, 3.8) is 0 Å². The molecule has 3 aromatic rings. The SMILES string of the molecule is CC.COc1cc(-c2ccc(CSCC(=O)NCCO)cc2)cc(C(=O)NCc2ccccc2)c1OC. The van der Waals surface area contributed by atoms with Crippen LogP contribution < -0.4 is 20.1 Å². The third kappa shape index (κ3) is 9.15. The van der Waals surface area contributed by atoms with Gasteiger partial charge < -0.3 is 25.2 Å². The molecule has 3 rings (SSSR count). The predicted molar refractivity (Wildman–Crippen MR) is 150 cm³/mol. The van der Waals surface area contributed by atoms with Gasteiger partial charge in [-0.05, 0) is 34.4 Å². The average Bonchev–Trinajstić information content (AvgIpc) is 2.96. The zero-order valence-corrected chi connectivity index (χ0v) is 22.7. The van der Waals surface area contributed by atoms with E-state index >= 15 is 0 Å². The molecule has 0 spiro atoms. The van der Waals surface area contributed by atoms with Crippen LogP contribution in [0.3, 0.4) is 0 Å². The molecule has 198 valence electrons. The molecule has 0 saturated heterocycles. The summed E-state index contributed by atoms with van der Waals surface area (Å²) in [7, 11) is 3.06. The van der Waals surface area contributed by atoms with Crippen LogP contribution in [0.15, 0.2) is 66.7 Å². The van der Waals surface area contributed by atoms with Gasteiger partial charge in [-0.15, -0.1) is 11.8 Å². The van der Waals surface area contributed by atoms with E-state index in [4.69, 9.17) is 14.6 Å². The van der Waals surface area contributed by atoms with Crippen LogP contribution in [0.25, 0.3) is 11.1 Å². The number of aliphatic hydroxyl groups excluding tert-OH is 1. The minimum Gasteiger partial charge on any atom is -0.493 e. The van der Waals surface area contributed by atoms with E-state index in [9.17, 15) is 9.59 Å². The van der Waals surface area contributed by atoms with Crippen LogP contribution in [-0.4, -0.2) is 50.0 Å². The molecule has 3 N–H and O–H groups in total. The van der Waals surface area contributed by atoms with Gasteiger partial charge in [0.2, 0.25) is 5.91 Å². The van der Waals surface area contributed by atoms with Crippen molar-refractivity contribution >= 4 is 23.6 Å². The third-order valence-corrected chi connectivity index (χ3v) is 6.25. The van der Waals surface area contributed by atoms with Crippen LogP contribution in [0.2, 0.25) is 0 Å². The summed E-state index contributed by atoms with van der Waals surface area (Å²) < 4.78 is 11.0. The fourth-order valence-corrected chi connectivity index (χ4v) is 4.29. The van der Waals surface area contributed by atoms with Crippen molar-refractivity contribution in [2.45, 2.75) is 26.1 Å². The molecule has 0 aliphatic heterocycles. The average molecular weight is 525 g/mol. The van der Waals surface area contributed by atoms with Crippen molar-refractivity contribution in [3.05, 3.63) is 83.4 Å². The fraction of sp³-hybridized carbons (Fsp3) is 0.310. The number of amides is 2. The van der Waals surface area contributed by atoms with Gasteiger partial charge in [0.15, 0.2) is 11.5 Å². The number of rotatable bonds is 12. The molecule has 0 unspecified atom stereocenters. The number of methoxy groups -OCH3 is 2. The summed E-state index contributed by atoms with van der Waals surface area (Å²) in [5.41, 5.74) is 4.23. The van der Waals surface area contributed by atoms with E-state index < -0.39 is 0 Å². The molecule has 7 nitrogen and oxygen atoms in total. The van der Waals surface area contributed by atoms with Crippen LogP contribution in [0.5, 0.6) is 11.5 Å². The molecule has 0 aliphatic rings. The lowest BCUT2D eigenvalue weighted by atomic mass is 10.00. The second-order valence-corrected chi connectivity index (χ2v) is 8.68. The predicted octanol–water partition coefficient (Wildman–Crippen LogP) is 4.67. The summed E-state index contributed by atoms with van der Waals surface area (Å²) in [5.74, 6) is 1.53. The lowest BCUT2D eigenvalue weighted by Gasteiger charge is -2.15. The first kappa shape index (κ1) is 29.7. The minimum absolute atomic E-state index is 0.0651. The largest absolute Gasteiger partial charge is 0.493 e. The van der Waals surface area contributed by atoms with Crippen LogP contribution in [0.4, 0.5) is 0 Å². The maximum absolute atomic E-state index is 13.0. The van der Waals surface area contributed by atoms with Crippen molar-refractivity contribution in [3.8, 4) is 22.6 Å². The number of hydrogen-bond donors (Lipinski definition) is 3. The number of carbonyl (C=O) groups is 2. The van der Waals surface area contributed by atoms with Gasteiger partial charge in [-0.2, -0.15) is 0 Å². The number of thioether (sulfide) groups is 1. The number of nitrogens with one attached hydrogen (secondary N) is 2. The highest BCUT2D eigenvalue weighted by Gasteiger charge is 2.19. The first-order chi connectivity index (χ1) is 18.0. The van der Waals surface area contributed by atoms with Gasteiger partial charge in [0, 0.05) is 18.8 Å². The Kier molecular flexibility index (Phi) is 13.1. The molecule has 0 aliphatic carbocycles. The number of hydrogen-bond acceptors (Lipinski definition) is 6. The van der Waals surface area contributed by atoms with Crippen LogP contribution in [0.1, 0.15) is 35.3 Å². The van der Waals surface area contributed by atoms with Gasteiger partial charge in [0.1, 0.15) is 0 Å². The summed E-state index contributed by atoms with van der Waals surface area (Å²) in [5, 5.41) is 14.4. The first-order valence-electron chi connectivity index (χ1n) is 12.2. The van der Waals surface area contributed by atoms with Crippen molar-refractivity contribution in [2.75, 3.05) is 33.1 Å². The summed E-state index contributed by atoms with van der Waals surface area (Å²) in [6.45, 7) is 4.61. The third-order valence-electron chi connectivity index (χ3n) is 5.24. The van der Waals surface area contributed by atoms with E-state index in [0.29, 0.717) is 35.1 Å².